The van der Waals surface area contributed by atoms with Crippen molar-refractivity contribution in [1.82, 2.24) is 9.58 Å². The summed E-state index contributed by atoms with van der Waals surface area (Å²) < 4.78 is 15.5. The van der Waals surface area contributed by atoms with Crippen LogP contribution in [-0.2, 0) is 5.54 Å². The van der Waals surface area contributed by atoms with E-state index < -0.39 is 22.6 Å². The summed E-state index contributed by atoms with van der Waals surface area (Å²) in [7, 11) is 1.66. The predicted molar refractivity (Wildman–Crippen MR) is 94.1 cm³/mol. The smallest absolute Gasteiger partial charge is 0.277 e. The normalized spacial score (nSPS) is 25.0. The Hall–Kier alpha value is -2.83. The zero-order valence-electron chi connectivity index (χ0n) is 14.6. The maximum Gasteiger partial charge on any atom is 0.277 e. The van der Waals surface area contributed by atoms with Crippen LogP contribution < -0.4 is 10.4 Å². The first kappa shape index (κ1) is 16.6. The number of carbonyl (C=O) groups excluding carboxylic acids is 1. The highest BCUT2D eigenvalue weighted by Crippen LogP contribution is 2.42. The maximum absolute atomic E-state index is 13.9. The minimum absolute atomic E-state index is 0.0548. The molecule has 2 aliphatic rings. The molecule has 1 amide bonds. The van der Waals surface area contributed by atoms with Gasteiger partial charge in [0.15, 0.2) is 11.4 Å². The molecule has 0 saturated carbocycles. The van der Waals surface area contributed by atoms with Crippen LogP contribution in [0.4, 0.5) is 4.39 Å². The number of hydrogen-bond acceptors (Lipinski definition) is 4. The Balaban J connectivity index is 1.97. The molecule has 1 aromatic carbocycles. The van der Waals surface area contributed by atoms with Crippen LogP contribution in [0, 0.1) is 5.82 Å². The van der Waals surface area contributed by atoms with Crippen molar-refractivity contribution < 1.29 is 14.3 Å². The molecule has 1 saturated heterocycles. The molecule has 1 aromatic heterocycles. The van der Waals surface area contributed by atoms with E-state index in [1.807, 2.05) is 18.0 Å². The summed E-state index contributed by atoms with van der Waals surface area (Å²) in [6.45, 7) is 2.00. The van der Waals surface area contributed by atoms with E-state index in [9.17, 15) is 19.1 Å². The lowest BCUT2D eigenvalue weighted by atomic mass is 9.81. The highest BCUT2D eigenvalue weighted by Gasteiger charge is 2.48. The number of aromatic hydroxyl groups is 1. The third kappa shape index (κ3) is 2.16. The van der Waals surface area contributed by atoms with Gasteiger partial charge in [0.05, 0.1) is 5.54 Å². The van der Waals surface area contributed by atoms with Crippen molar-refractivity contribution in [1.29, 1.82) is 0 Å². The highest BCUT2D eigenvalue weighted by atomic mass is 19.1. The predicted octanol–water partition coefficient (Wildman–Crippen LogP) is 2.14. The van der Waals surface area contributed by atoms with Crippen molar-refractivity contribution >= 4 is 5.91 Å². The molecule has 26 heavy (non-hydrogen) atoms. The Morgan fingerprint density at radius 1 is 1.27 bits per heavy atom. The van der Waals surface area contributed by atoms with E-state index in [1.54, 1.807) is 22.7 Å². The molecule has 6 nitrogen and oxygen atoms in total. The Morgan fingerprint density at radius 3 is 2.77 bits per heavy atom. The summed E-state index contributed by atoms with van der Waals surface area (Å²) in [6.07, 6.45) is 3.63. The fourth-order valence-corrected chi connectivity index (χ4v) is 4.23. The second-order valence-corrected chi connectivity index (χ2v) is 7.14. The number of carbonyl (C=O) groups is 1. The third-order valence-corrected chi connectivity index (χ3v) is 5.62. The quantitative estimate of drug-likeness (QED) is 0.849. The second-order valence-electron chi connectivity index (χ2n) is 7.14. The number of fused-ring (bicyclic) bond motifs is 3. The van der Waals surface area contributed by atoms with E-state index in [0.29, 0.717) is 0 Å². The first-order chi connectivity index (χ1) is 12.3. The zero-order chi connectivity index (χ0) is 18.6. The van der Waals surface area contributed by atoms with E-state index in [0.717, 1.165) is 24.8 Å². The van der Waals surface area contributed by atoms with Crippen molar-refractivity contribution in [3.63, 3.8) is 0 Å². The molecule has 2 atom stereocenters. The molecule has 2 aromatic rings. The third-order valence-electron chi connectivity index (χ3n) is 5.62. The zero-order valence-corrected chi connectivity index (χ0v) is 14.6. The number of hydrogen-bond donors (Lipinski definition) is 1. The van der Waals surface area contributed by atoms with Crippen LogP contribution in [0.2, 0.25) is 0 Å². The van der Waals surface area contributed by atoms with Gasteiger partial charge in [-0.15, -0.1) is 0 Å². The van der Waals surface area contributed by atoms with Gasteiger partial charge in [-0.25, -0.2) is 4.39 Å². The monoisotopic (exact) mass is 357 g/mol. The molecule has 2 unspecified atom stereocenters. The van der Waals surface area contributed by atoms with Gasteiger partial charge < -0.3 is 10.0 Å². The van der Waals surface area contributed by atoms with Crippen LogP contribution in [0.25, 0.3) is 0 Å². The van der Waals surface area contributed by atoms with Crippen molar-refractivity contribution in [2.45, 2.75) is 37.9 Å². The van der Waals surface area contributed by atoms with Gasteiger partial charge in [-0.05, 0) is 43.9 Å². The summed E-state index contributed by atoms with van der Waals surface area (Å²) >= 11 is 0. The molecule has 0 bridgehead atoms. The molecular weight excluding hydrogens is 337 g/mol. The molecule has 7 heteroatoms. The van der Waals surface area contributed by atoms with E-state index in [1.165, 1.54) is 24.4 Å². The molecule has 1 N–H and O–H groups in total. The lowest BCUT2D eigenvalue weighted by Crippen LogP contribution is -2.68. The fraction of sp³-hybridized carbons (Fsp3) is 0.368. The van der Waals surface area contributed by atoms with E-state index in [-0.39, 0.29) is 17.7 Å². The van der Waals surface area contributed by atoms with E-state index in [2.05, 4.69) is 0 Å². The Labute approximate surface area is 150 Å². The molecule has 4 rings (SSSR count). The molecular formula is C19H20FN3O3. The van der Waals surface area contributed by atoms with Crippen molar-refractivity contribution in [3.8, 4) is 5.75 Å². The molecule has 1 fully saturated rings. The van der Waals surface area contributed by atoms with E-state index in [4.69, 9.17) is 0 Å². The van der Waals surface area contributed by atoms with Gasteiger partial charge in [0.1, 0.15) is 12.0 Å². The number of pyridine rings is 1. The first-order valence-electron chi connectivity index (χ1n) is 8.62. The average molecular weight is 357 g/mol. The van der Waals surface area contributed by atoms with Crippen molar-refractivity contribution in [3.05, 3.63) is 63.8 Å². The van der Waals surface area contributed by atoms with Gasteiger partial charge in [0.2, 0.25) is 5.43 Å². The lowest BCUT2D eigenvalue weighted by Gasteiger charge is -2.56. The molecule has 3 heterocycles. The molecule has 0 spiro atoms. The van der Waals surface area contributed by atoms with Gasteiger partial charge >= 0.3 is 0 Å². The SMILES string of the molecule is CN1C(=O)c2c(O)c(=O)ccn2N2C1CCCC2(C)c1cccc(F)c1. The maximum atomic E-state index is 13.9. The number of halogens is 1. The Bertz CT molecular complexity index is 957. The minimum atomic E-state index is -0.601. The average Bonchev–Trinajstić information content (AvgIpc) is 2.62. The number of benzene rings is 1. The lowest BCUT2D eigenvalue weighted by molar-refractivity contribution is 0.0470. The minimum Gasteiger partial charge on any atom is -0.502 e. The molecule has 136 valence electrons. The molecule has 2 aliphatic heterocycles. The van der Waals surface area contributed by atoms with Gasteiger partial charge in [-0.3, -0.25) is 19.3 Å². The Kier molecular flexibility index (Phi) is 3.57. The van der Waals surface area contributed by atoms with Crippen molar-refractivity contribution in [2.75, 3.05) is 12.1 Å². The van der Waals surface area contributed by atoms with Crippen LogP contribution in [0.1, 0.15) is 42.2 Å². The number of amides is 1. The Morgan fingerprint density at radius 2 is 2.04 bits per heavy atom. The fourth-order valence-electron chi connectivity index (χ4n) is 4.23. The number of piperidine rings is 1. The van der Waals surface area contributed by atoms with Crippen molar-refractivity contribution in [2.24, 2.45) is 0 Å². The van der Waals surface area contributed by atoms with Crippen LogP contribution in [-0.4, -0.2) is 33.8 Å². The standard InChI is InChI=1S/C19H20FN3O3/c1-19(12-5-3-6-13(20)11-12)9-4-7-15-21(2)18(26)16-17(25)14(24)8-10-22(16)23(15)19/h3,5-6,8,10-11,15,25H,4,7,9H2,1-2H3. The van der Waals surface area contributed by atoms with Crippen LogP contribution in [0.15, 0.2) is 41.3 Å². The summed E-state index contributed by atoms with van der Waals surface area (Å²) in [5.74, 6) is -1.28. The van der Waals surface area contributed by atoms with E-state index >= 15 is 0 Å². The number of aromatic nitrogens is 1. The summed E-state index contributed by atoms with van der Waals surface area (Å²) in [5.41, 5.74) is -0.466. The molecule has 0 aliphatic carbocycles. The topological polar surface area (TPSA) is 65.8 Å². The highest BCUT2D eigenvalue weighted by molar-refractivity contribution is 5.96. The first-order valence-corrected chi connectivity index (χ1v) is 8.62. The van der Waals surface area contributed by atoms with Gasteiger partial charge in [0, 0.05) is 19.3 Å². The van der Waals surface area contributed by atoms with Crippen LogP contribution >= 0.6 is 0 Å². The van der Waals surface area contributed by atoms with Crippen LogP contribution in [0.5, 0.6) is 5.75 Å². The summed E-state index contributed by atoms with van der Waals surface area (Å²) in [4.78, 5) is 26.2. The van der Waals surface area contributed by atoms with Crippen LogP contribution in [0.3, 0.4) is 0 Å². The number of nitrogens with zero attached hydrogens (tertiary/aromatic N) is 3. The van der Waals surface area contributed by atoms with Gasteiger partial charge in [-0.1, -0.05) is 12.1 Å². The summed E-state index contributed by atoms with van der Waals surface area (Å²) in [5, 5.41) is 12.2. The van der Waals surface area contributed by atoms with Gasteiger partial charge in [-0.2, -0.15) is 0 Å². The largest absolute Gasteiger partial charge is 0.502 e. The van der Waals surface area contributed by atoms with Gasteiger partial charge in [0.25, 0.3) is 5.91 Å². The summed E-state index contributed by atoms with van der Waals surface area (Å²) in [6, 6.07) is 7.68. The number of rotatable bonds is 1. The molecule has 0 radical (unpaired) electrons. The second kappa shape index (κ2) is 5.59.